The van der Waals surface area contributed by atoms with E-state index in [-0.39, 0.29) is 11.4 Å². The molecule has 3 rings (SSSR count). The minimum absolute atomic E-state index is 0.254. The number of amides is 1. The second-order valence-corrected chi connectivity index (χ2v) is 5.79. The maximum Gasteiger partial charge on any atom is 0.266 e. The number of nitrogens with zero attached hydrogens (tertiary/aromatic N) is 2. The van der Waals surface area contributed by atoms with Crippen LogP contribution >= 0.6 is 0 Å². The molecule has 1 heterocycles. The molecule has 0 fully saturated rings. The molecule has 0 bridgehead atoms. The van der Waals surface area contributed by atoms with Gasteiger partial charge in [-0.05, 0) is 43.3 Å². The molecule has 0 aliphatic rings. The fourth-order valence-electron chi connectivity index (χ4n) is 2.76. The highest BCUT2D eigenvalue weighted by Crippen LogP contribution is 2.25. The normalized spacial score (nSPS) is 12.0. The minimum Gasteiger partial charge on any atom is -0.497 e. The van der Waals surface area contributed by atoms with Crippen molar-refractivity contribution in [2.45, 2.75) is 12.8 Å². The predicted octanol–water partition coefficient (Wildman–Crippen LogP) is 1.99. The third-order valence-corrected chi connectivity index (χ3v) is 4.25. The Hall–Kier alpha value is -3.35. The van der Waals surface area contributed by atoms with Gasteiger partial charge in [-0.15, -0.1) is 0 Å². The molecule has 1 aromatic heterocycles. The van der Waals surface area contributed by atoms with Gasteiger partial charge in [-0.25, -0.2) is 4.98 Å². The van der Waals surface area contributed by atoms with Crippen molar-refractivity contribution < 1.29 is 14.3 Å². The molecule has 0 spiro atoms. The lowest BCUT2D eigenvalue weighted by Gasteiger charge is -2.17. The maximum absolute atomic E-state index is 13.2. The molecule has 7 nitrogen and oxygen atoms in total. The highest BCUT2D eigenvalue weighted by molar-refractivity contribution is 5.86. The van der Waals surface area contributed by atoms with Crippen molar-refractivity contribution >= 4 is 16.8 Å². The predicted molar refractivity (Wildman–Crippen MR) is 98.1 cm³/mol. The van der Waals surface area contributed by atoms with Crippen LogP contribution in [0.4, 0.5) is 0 Å². The first kappa shape index (κ1) is 17.5. The van der Waals surface area contributed by atoms with Crippen molar-refractivity contribution in [2.24, 2.45) is 5.73 Å². The van der Waals surface area contributed by atoms with Crippen LogP contribution in [0.1, 0.15) is 18.7 Å². The third kappa shape index (κ3) is 2.88. The molecular weight excluding hydrogens is 334 g/mol. The van der Waals surface area contributed by atoms with Crippen LogP contribution in [0.5, 0.6) is 11.5 Å². The summed E-state index contributed by atoms with van der Waals surface area (Å²) in [5.41, 5.74) is 6.14. The summed E-state index contributed by atoms with van der Waals surface area (Å²) < 4.78 is 11.9. The summed E-state index contributed by atoms with van der Waals surface area (Å²) in [6.45, 7) is 1.62. The van der Waals surface area contributed by atoms with Crippen molar-refractivity contribution in [3.05, 3.63) is 58.6 Å². The molecule has 0 radical (unpaired) electrons. The summed E-state index contributed by atoms with van der Waals surface area (Å²) in [6, 6.07) is 12.0. The number of aromatic nitrogens is 2. The van der Waals surface area contributed by atoms with E-state index in [0.29, 0.717) is 28.1 Å². The Morgan fingerprint density at radius 1 is 1.12 bits per heavy atom. The van der Waals surface area contributed by atoms with Crippen LogP contribution in [0.2, 0.25) is 0 Å². The first-order valence-electron chi connectivity index (χ1n) is 8.01. The van der Waals surface area contributed by atoms with Crippen molar-refractivity contribution in [3.8, 4) is 17.2 Å². The lowest BCUT2D eigenvalue weighted by molar-refractivity contribution is -0.119. The molecule has 2 aromatic carbocycles. The number of nitrogens with two attached hydrogens (primary N) is 1. The largest absolute Gasteiger partial charge is 0.497 e. The molecule has 0 saturated carbocycles. The summed E-state index contributed by atoms with van der Waals surface area (Å²) in [5.74, 6) is 0.0262. The number of ether oxygens (including phenoxy) is 2. The molecule has 1 atom stereocenters. The van der Waals surface area contributed by atoms with E-state index in [1.165, 1.54) is 11.7 Å². The van der Waals surface area contributed by atoms with E-state index in [2.05, 4.69) is 4.98 Å². The number of benzene rings is 2. The van der Waals surface area contributed by atoms with Gasteiger partial charge in [0.05, 0.1) is 31.2 Å². The van der Waals surface area contributed by atoms with Crippen molar-refractivity contribution in [3.63, 3.8) is 0 Å². The SMILES string of the molecule is COc1ccc(-n2c(C(C)C(N)=O)nc3c(OC)cccc3c2=O)cc1. The zero-order chi connectivity index (χ0) is 18.8. The van der Waals surface area contributed by atoms with Crippen LogP contribution in [0.25, 0.3) is 16.6 Å². The Balaban J connectivity index is 2.38. The van der Waals surface area contributed by atoms with E-state index >= 15 is 0 Å². The number of hydrogen-bond acceptors (Lipinski definition) is 5. The third-order valence-electron chi connectivity index (χ3n) is 4.25. The molecule has 1 amide bonds. The highest BCUT2D eigenvalue weighted by Gasteiger charge is 2.22. The molecule has 0 saturated heterocycles. The number of fused-ring (bicyclic) bond motifs is 1. The van der Waals surface area contributed by atoms with E-state index in [0.717, 1.165) is 0 Å². The van der Waals surface area contributed by atoms with Gasteiger partial charge in [-0.2, -0.15) is 0 Å². The summed E-state index contributed by atoms with van der Waals surface area (Å²) in [5, 5.41) is 0.389. The van der Waals surface area contributed by atoms with Crippen LogP contribution < -0.4 is 20.8 Å². The lowest BCUT2D eigenvalue weighted by atomic mass is 10.1. The number of carbonyl (C=O) groups is 1. The Labute approximate surface area is 150 Å². The van der Waals surface area contributed by atoms with Crippen LogP contribution in [0.15, 0.2) is 47.3 Å². The second kappa shape index (κ2) is 6.87. The number of rotatable bonds is 5. The van der Waals surface area contributed by atoms with Gasteiger partial charge in [0.25, 0.3) is 5.56 Å². The summed E-state index contributed by atoms with van der Waals surface area (Å²) in [6.07, 6.45) is 0. The van der Waals surface area contributed by atoms with Gasteiger partial charge < -0.3 is 15.2 Å². The molecule has 3 aromatic rings. The summed E-state index contributed by atoms with van der Waals surface area (Å²) in [4.78, 5) is 29.5. The van der Waals surface area contributed by atoms with E-state index < -0.39 is 11.8 Å². The number of para-hydroxylation sites is 1. The van der Waals surface area contributed by atoms with Crippen LogP contribution in [-0.2, 0) is 4.79 Å². The second-order valence-electron chi connectivity index (χ2n) is 5.79. The van der Waals surface area contributed by atoms with E-state index in [4.69, 9.17) is 15.2 Å². The number of carbonyl (C=O) groups excluding carboxylic acids is 1. The zero-order valence-electron chi connectivity index (χ0n) is 14.7. The highest BCUT2D eigenvalue weighted by atomic mass is 16.5. The lowest BCUT2D eigenvalue weighted by Crippen LogP contribution is -2.30. The maximum atomic E-state index is 13.2. The molecule has 134 valence electrons. The van der Waals surface area contributed by atoms with Gasteiger partial charge in [0, 0.05) is 0 Å². The number of hydrogen-bond donors (Lipinski definition) is 1. The first-order chi connectivity index (χ1) is 12.5. The van der Waals surface area contributed by atoms with Crippen LogP contribution in [0, 0.1) is 0 Å². The van der Waals surface area contributed by atoms with Crippen molar-refractivity contribution in [2.75, 3.05) is 14.2 Å². The van der Waals surface area contributed by atoms with Gasteiger partial charge in [0.15, 0.2) is 0 Å². The van der Waals surface area contributed by atoms with Gasteiger partial charge in [-0.3, -0.25) is 14.2 Å². The fourth-order valence-corrected chi connectivity index (χ4v) is 2.76. The smallest absolute Gasteiger partial charge is 0.266 e. The van der Waals surface area contributed by atoms with Crippen LogP contribution in [-0.4, -0.2) is 29.7 Å². The molecular formula is C19H19N3O4. The van der Waals surface area contributed by atoms with Crippen LogP contribution in [0.3, 0.4) is 0 Å². The Morgan fingerprint density at radius 3 is 2.38 bits per heavy atom. The Bertz CT molecular complexity index is 1030. The van der Waals surface area contributed by atoms with Crippen molar-refractivity contribution in [1.82, 2.24) is 9.55 Å². The quantitative estimate of drug-likeness (QED) is 0.757. The van der Waals surface area contributed by atoms with E-state index in [9.17, 15) is 9.59 Å². The van der Waals surface area contributed by atoms with Gasteiger partial charge in [0.1, 0.15) is 22.8 Å². The van der Waals surface area contributed by atoms with Gasteiger partial charge in [-0.1, -0.05) is 6.07 Å². The molecule has 26 heavy (non-hydrogen) atoms. The minimum atomic E-state index is -0.765. The Morgan fingerprint density at radius 2 is 1.81 bits per heavy atom. The topological polar surface area (TPSA) is 96.4 Å². The molecule has 2 N–H and O–H groups in total. The van der Waals surface area contributed by atoms with E-state index in [1.54, 1.807) is 56.5 Å². The summed E-state index contributed by atoms with van der Waals surface area (Å²) in [7, 11) is 3.06. The summed E-state index contributed by atoms with van der Waals surface area (Å²) >= 11 is 0. The standard InChI is InChI=1S/C19H19N3O4/c1-11(17(20)23)18-21-16-14(5-4-6-15(16)26-3)19(24)22(18)12-7-9-13(25-2)10-8-12/h4-11H,1-3H3,(H2,20,23). The first-order valence-corrected chi connectivity index (χ1v) is 8.01. The van der Waals surface area contributed by atoms with Gasteiger partial charge in [0.2, 0.25) is 5.91 Å². The molecule has 0 aliphatic heterocycles. The fraction of sp³-hybridized carbons (Fsp3) is 0.211. The average Bonchev–Trinajstić information content (AvgIpc) is 2.67. The Kier molecular flexibility index (Phi) is 4.62. The van der Waals surface area contributed by atoms with Crippen molar-refractivity contribution in [1.29, 1.82) is 0 Å². The molecule has 0 aliphatic carbocycles. The zero-order valence-corrected chi connectivity index (χ0v) is 14.7. The van der Waals surface area contributed by atoms with E-state index in [1.807, 2.05) is 0 Å². The molecule has 1 unspecified atom stereocenters. The number of methoxy groups -OCH3 is 2. The molecule has 7 heteroatoms. The number of primary amides is 1. The van der Waals surface area contributed by atoms with Gasteiger partial charge >= 0.3 is 0 Å². The monoisotopic (exact) mass is 353 g/mol. The average molecular weight is 353 g/mol.